The van der Waals surface area contributed by atoms with Crippen molar-refractivity contribution in [3.05, 3.63) is 53.0 Å². The van der Waals surface area contributed by atoms with Crippen LogP contribution in [0, 0.1) is 35.9 Å². The maximum absolute atomic E-state index is 14.4. The van der Waals surface area contributed by atoms with Gasteiger partial charge in [0.25, 0.3) is 0 Å². The third-order valence-electron chi connectivity index (χ3n) is 8.61. The molecule has 1 aromatic carbocycles. The van der Waals surface area contributed by atoms with Crippen LogP contribution < -0.4 is 5.32 Å². The number of amides is 1. The van der Waals surface area contributed by atoms with E-state index in [4.69, 9.17) is 0 Å². The van der Waals surface area contributed by atoms with Gasteiger partial charge in [0.15, 0.2) is 5.82 Å². The van der Waals surface area contributed by atoms with E-state index in [9.17, 15) is 14.0 Å². The van der Waals surface area contributed by atoms with E-state index in [1.54, 1.807) is 12.1 Å². The van der Waals surface area contributed by atoms with Crippen LogP contribution in [0.1, 0.15) is 74.6 Å². The van der Waals surface area contributed by atoms with Gasteiger partial charge in [-0.2, -0.15) is 5.10 Å². The zero-order valence-electron chi connectivity index (χ0n) is 19.4. The molecule has 0 bridgehead atoms. The Morgan fingerprint density at radius 1 is 1.21 bits per heavy atom. The Hall–Kier alpha value is -2.63. The van der Waals surface area contributed by atoms with Crippen molar-refractivity contribution < 1.29 is 14.0 Å². The van der Waals surface area contributed by atoms with E-state index in [-0.39, 0.29) is 17.1 Å². The van der Waals surface area contributed by atoms with Crippen molar-refractivity contribution in [1.29, 1.82) is 0 Å². The summed E-state index contributed by atoms with van der Waals surface area (Å²) in [4.78, 5) is 25.5. The third kappa shape index (κ3) is 3.98. The van der Waals surface area contributed by atoms with Crippen LogP contribution in [-0.4, -0.2) is 21.9 Å². The number of Topliss-reactive ketones (excluding diaryl/α,β-unsaturated/α-hetero) is 1. The van der Waals surface area contributed by atoms with Gasteiger partial charge < -0.3 is 5.32 Å². The van der Waals surface area contributed by atoms with E-state index in [2.05, 4.69) is 28.5 Å². The van der Waals surface area contributed by atoms with E-state index < -0.39 is 0 Å². The first kappa shape index (κ1) is 22.2. The summed E-state index contributed by atoms with van der Waals surface area (Å²) in [7, 11) is 0. The number of hydrogen-bond acceptors (Lipinski definition) is 4. The van der Waals surface area contributed by atoms with Crippen LogP contribution in [0.2, 0.25) is 0 Å². The fourth-order valence-corrected chi connectivity index (χ4v) is 7.09. The van der Waals surface area contributed by atoms with Crippen LogP contribution in [0.25, 0.3) is 0 Å². The minimum Gasteiger partial charge on any atom is -0.309 e. The Morgan fingerprint density at radius 3 is 2.85 bits per heavy atom. The molecule has 3 aliphatic carbocycles. The molecule has 1 amide bonds. The number of halogens is 1. The zero-order valence-corrected chi connectivity index (χ0v) is 19.4. The van der Waals surface area contributed by atoms with Gasteiger partial charge >= 0.3 is 0 Å². The second kappa shape index (κ2) is 8.62. The summed E-state index contributed by atoms with van der Waals surface area (Å²) in [6.45, 7) is 4.02. The van der Waals surface area contributed by atoms with Crippen LogP contribution in [0.4, 0.5) is 10.2 Å². The van der Waals surface area contributed by atoms with Crippen LogP contribution in [0.15, 0.2) is 30.3 Å². The lowest BCUT2D eigenvalue weighted by Crippen LogP contribution is -2.44. The molecule has 3 aliphatic rings. The maximum atomic E-state index is 14.4. The van der Waals surface area contributed by atoms with E-state index in [0.717, 1.165) is 49.8 Å². The molecule has 6 heteroatoms. The Bertz CT molecular complexity index is 1070. The molecule has 5 rings (SSSR count). The first-order valence-corrected chi connectivity index (χ1v) is 12.3. The van der Waals surface area contributed by atoms with Gasteiger partial charge in [-0.15, -0.1) is 5.10 Å². The van der Waals surface area contributed by atoms with Gasteiger partial charge in [-0.3, -0.25) is 9.59 Å². The summed E-state index contributed by atoms with van der Waals surface area (Å²) >= 11 is 0. The van der Waals surface area contributed by atoms with Crippen LogP contribution in [-0.2, 0) is 16.0 Å². The predicted octanol–water partition coefficient (Wildman–Crippen LogP) is 5.38. The summed E-state index contributed by atoms with van der Waals surface area (Å²) in [5.74, 6) is 2.11. The number of anilines is 1. The van der Waals surface area contributed by atoms with Gasteiger partial charge in [-0.1, -0.05) is 19.1 Å². The Morgan fingerprint density at radius 2 is 2.06 bits per heavy atom. The number of nitrogens with one attached hydrogen (secondary N) is 1. The molecule has 2 aromatic rings. The molecule has 1 aromatic heterocycles. The monoisotopic (exact) mass is 449 g/mol. The highest BCUT2D eigenvalue weighted by atomic mass is 19.1. The van der Waals surface area contributed by atoms with Crippen molar-refractivity contribution in [1.82, 2.24) is 10.2 Å². The number of fused-ring (bicyclic) bond motifs is 5. The van der Waals surface area contributed by atoms with E-state index in [1.165, 1.54) is 5.56 Å². The van der Waals surface area contributed by atoms with Gasteiger partial charge in [0.1, 0.15) is 11.6 Å². The summed E-state index contributed by atoms with van der Waals surface area (Å²) in [5.41, 5.74) is 2.60. The van der Waals surface area contributed by atoms with Crippen LogP contribution in [0.3, 0.4) is 0 Å². The minimum atomic E-state index is -0.267. The second-order valence-corrected chi connectivity index (χ2v) is 10.5. The number of rotatable bonds is 5. The first-order chi connectivity index (χ1) is 15.9. The maximum Gasteiger partial charge on any atom is 0.225 e. The van der Waals surface area contributed by atoms with Crippen LogP contribution >= 0.6 is 0 Å². The highest BCUT2D eigenvalue weighted by Crippen LogP contribution is 2.62. The zero-order chi connectivity index (χ0) is 23.2. The number of carbonyl (C=O) groups is 2. The molecule has 5 nitrogen and oxygen atoms in total. The number of nitrogens with zero attached hydrogens (tertiary/aromatic N) is 2. The van der Waals surface area contributed by atoms with Gasteiger partial charge in [0, 0.05) is 18.3 Å². The van der Waals surface area contributed by atoms with Crippen molar-refractivity contribution in [3.8, 4) is 0 Å². The SMILES string of the molecule is Cc1ccc(NC(=O)CCC[C@@H]2CC(=O)[C@@]3(C)CCC4c5cccc(F)c5CCC4C23)nn1. The molecule has 174 valence electrons. The predicted molar refractivity (Wildman–Crippen MR) is 124 cm³/mol. The van der Waals surface area contributed by atoms with E-state index in [1.807, 2.05) is 19.1 Å². The lowest BCUT2D eigenvalue weighted by molar-refractivity contribution is -0.129. The summed E-state index contributed by atoms with van der Waals surface area (Å²) in [5, 5.41) is 10.8. The smallest absolute Gasteiger partial charge is 0.225 e. The number of carbonyl (C=O) groups excluding carboxylic acids is 2. The fraction of sp³-hybridized carbons (Fsp3) is 0.556. The topological polar surface area (TPSA) is 72.0 Å². The molecule has 3 unspecified atom stereocenters. The lowest BCUT2D eigenvalue weighted by atomic mass is 9.54. The number of ketones is 1. The van der Waals surface area contributed by atoms with Crippen molar-refractivity contribution in [2.75, 3.05) is 5.32 Å². The Balaban J connectivity index is 1.27. The van der Waals surface area contributed by atoms with Gasteiger partial charge in [0.05, 0.1) is 5.69 Å². The molecule has 33 heavy (non-hydrogen) atoms. The van der Waals surface area contributed by atoms with Crippen LogP contribution in [0.5, 0.6) is 0 Å². The molecule has 0 saturated heterocycles. The molecule has 1 N–H and O–H groups in total. The summed E-state index contributed by atoms with van der Waals surface area (Å²) in [6, 6.07) is 9.08. The van der Waals surface area contributed by atoms with E-state index >= 15 is 0 Å². The molecule has 2 saturated carbocycles. The molecule has 0 radical (unpaired) electrons. The molecule has 0 spiro atoms. The van der Waals surface area contributed by atoms with Gasteiger partial charge in [-0.05, 0) is 98.4 Å². The molecular formula is C27H32FN3O2. The second-order valence-electron chi connectivity index (χ2n) is 10.5. The first-order valence-electron chi connectivity index (χ1n) is 12.3. The van der Waals surface area contributed by atoms with E-state index in [0.29, 0.717) is 48.1 Å². The highest BCUT2D eigenvalue weighted by molar-refractivity contribution is 5.89. The lowest BCUT2D eigenvalue weighted by Gasteiger charge is -2.50. The molecule has 5 atom stereocenters. The minimum absolute atomic E-state index is 0.0659. The standard InChI is InChI=1S/C27H32FN3O2/c1-16-9-12-24(31-30-16)29-25(33)8-3-5-17-15-23(32)27(2)14-13-19-18-6-4-7-22(28)20(18)10-11-21(19)26(17)27/h4,6-7,9,12,17,19,21,26H,3,5,8,10-11,13-15H2,1-2H3,(H,29,31,33)/t17-,19?,21?,26?,27-/m1/s1. The number of aryl methyl sites for hydroxylation is 1. The molecule has 0 aliphatic heterocycles. The fourth-order valence-electron chi connectivity index (χ4n) is 7.09. The van der Waals surface area contributed by atoms with Gasteiger partial charge in [0.2, 0.25) is 5.91 Å². The Labute approximate surface area is 194 Å². The quantitative estimate of drug-likeness (QED) is 0.665. The number of hydrogen-bond donors (Lipinski definition) is 1. The van der Waals surface area contributed by atoms with Crippen molar-refractivity contribution in [3.63, 3.8) is 0 Å². The largest absolute Gasteiger partial charge is 0.309 e. The summed E-state index contributed by atoms with van der Waals surface area (Å²) < 4.78 is 14.4. The third-order valence-corrected chi connectivity index (χ3v) is 8.61. The van der Waals surface area contributed by atoms with Crippen molar-refractivity contribution in [2.45, 2.75) is 71.1 Å². The molecule has 2 fully saturated rings. The highest BCUT2D eigenvalue weighted by Gasteiger charge is 2.58. The van der Waals surface area contributed by atoms with Crippen molar-refractivity contribution in [2.24, 2.45) is 23.2 Å². The van der Waals surface area contributed by atoms with Gasteiger partial charge in [-0.25, -0.2) is 4.39 Å². The average molecular weight is 450 g/mol. The van der Waals surface area contributed by atoms with Crippen molar-refractivity contribution >= 4 is 17.5 Å². The number of benzene rings is 1. The average Bonchev–Trinajstić information content (AvgIpc) is 3.05. The Kier molecular flexibility index (Phi) is 5.79. The normalized spacial score (nSPS) is 30.3. The number of aromatic nitrogens is 2. The summed E-state index contributed by atoms with van der Waals surface area (Å²) in [6.07, 6.45) is 6.21. The molecular weight excluding hydrogens is 417 g/mol. The molecule has 1 heterocycles.